The zero-order chi connectivity index (χ0) is 9.92. The summed E-state index contributed by atoms with van der Waals surface area (Å²) in [4.78, 5) is 0. The molecule has 0 aromatic heterocycles. The zero-order valence-electron chi connectivity index (χ0n) is 9.25. The van der Waals surface area contributed by atoms with E-state index in [1.807, 2.05) is 0 Å². The summed E-state index contributed by atoms with van der Waals surface area (Å²) in [6, 6.07) is 9.02. The van der Waals surface area contributed by atoms with Crippen molar-refractivity contribution in [1.29, 1.82) is 0 Å². The Kier molecular flexibility index (Phi) is 1.47. The molecule has 1 aromatic carbocycles. The fourth-order valence-electron chi connectivity index (χ4n) is 3.53. The lowest BCUT2D eigenvalue weighted by Crippen LogP contribution is -2.12. The molecule has 3 unspecified atom stereocenters. The molecule has 1 fully saturated rings. The lowest BCUT2D eigenvalue weighted by Gasteiger charge is -2.21. The second-order valence-electron chi connectivity index (χ2n) is 5.98. The molecule has 0 amide bonds. The van der Waals surface area contributed by atoms with Crippen LogP contribution < -0.4 is 0 Å². The third-order valence-electron chi connectivity index (χ3n) is 4.04. The first-order valence-corrected chi connectivity index (χ1v) is 5.67. The van der Waals surface area contributed by atoms with Gasteiger partial charge in [0.1, 0.15) is 0 Å². The van der Waals surface area contributed by atoms with Crippen LogP contribution in [0.5, 0.6) is 0 Å². The van der Waals surface area contributed by atoms with Crippen LogP contribution in [0.3, 0.4) is 0 Å². The van der Waals surface area contributed by atoms with Gasteiger partial charge in [0.05, 0.1) is 0 Å². The Hall–Kier alpha value is -0.780. The first-order valence-electron chi connectivity index (χ1n) is 5.67. The highest BCUT2D eigenvalue weighted by Gasteiger charge is 2.59. The molecule has 3 atom stereocenters. The van der Waals surface area contributed by atoms with Crippen molar-refractivity contribution < 1.29 is 0 Å². The highest BCUT2D eigenvalue weighted by atomic mass is 14.6. The van der Waals surface area contributed by atoms with Crippen LogP contribution in [-0.4, -0.2) is 0 Å². The maximum Gasteiger partial charge on any atom is -0.00883 e. The van der Waals surface area contributed by atoms with Gasteiger partial charge in [0.2, 0.25) is 0 Å². The first-order chi connectivity index (χ1) is 6.59. The molecule has 0 bridgehead atoms. The number of rotatable bonds is 0. The lowest BCUT2D eigenvalue weighted by atomic mass is 9.84. The fourth-order valence-corrected chi connectivity index (χ4v) is 3.53. The summed E-state index contributed by atoms with van der Waals surface area (Å²) in [7, 11) is 0. The summed E-state index contributed by atoms with van der Waals surface area (Å²) >= 11 is 0. The van der Waals surface area contributed by atoms with Gasteiger partial charge in [-0.15, -0.1) is 0 Å². The van der Waals surface area contributed by atoms with Crippen LogP contribution in [0.4, 0.5) is 0 Å². The largest absolute Gasteiger partial charge is 0.0620 e. The third kappa shape index (κ3) is 1.00. The number of hydrogen-bond donors (Lipinski definition) is 0. The molecule has 0 spiro atoms. The van der Waals surface area contributed by atoms with Crippen LogP contribution in [0, 0.1) is 17.3 Å². The summed E-state index contributed by atoms with van der Waals surface area (Å²) < 4.78 is 0. The maximum absolute atomic E-state index is 2.39. The molecule has 0 radical (unpaired) electrons. The van der Waals surface area contributed by atoms with Gasteiger partial charge in [-0.2, -0.15) is 0 Å². The van der Waals surface area contributed by atoms with Crippen LogP contribution in [0.25, 0.3) is 0 Å². The second kappa shape index (κ2) is 2.42. The van der Waals surface area contributed by atoms with E-state index in [-0.39, 0.29) is 0 Å². The zero-order valence-corrected chi connectivity index (χ0v) is 9.25. The molecule has 1 saturated carbocycles. The summed E-state index contributed by atoms with van der Waals surface area (Å²) in [5.74, 6) is 2.80. The molecule has 0 N–H and O–H groups in total. The van der Waals surface area contributed by atoms with E-state index in [0.29, 0.717) is 5.41 Å². The minimum atomic E-state index is 0.503. The number of hydrogen-bond acceptors (Lipinski definition) is 0. The average molecular weight is 186 g/mol. The van der Waals surface area contributed by atoms with Gasteiger partial charge in [-0.05, 0) is 40.7 Å². The van der Waals surface area contributed by atoms with Crippen molar-refractivity contribution in [3.05, 3.63) is 35.4 Å². The molecule has 3 rings (SSSR count). The average Bonchev–Trinajstić information content (AvgIpc) is 2.71. The van der Waals surface area contributed by atoms with E-state index in [9.17, 15) is 0 Å². The Balaban J connectivity index is 1.95. The lowest BCUT2D eigenvalue weighted by molar-refractivity contribution is 0.321. The van der Waals surface area contributed by atoms with Crippen LogP contribution >= 0.6 is 0 Å². The van der Waals surface area contributed by atoms with Gasteiger partial charge in [0.25, 0.3) is 0 Å². The molecule has 2 aliphatic rings. The van der Waals surface area contributed by atoms with Gasteiger partial charge in [-0.3, -0.25) is 0 Å². The van der Waals surface area contributed by atoms with Crippen LogP contribution in [0.15, 0.2) is 24.3 Å². The van der Waals surface area contributed by atoms with Crippen molar-refractivity contribution in [3.63, 3.8) is 0 Å². The van der Waals surface area contributed by atoms with Gasteiger partial charge in [0.15, 0.2) is 0 Å². The highest BCUT2D eigenvalue weighted by Crippen LogP contribution is 2.67. The van der Waals surface area contributed by atoms with Crippen molar-refractivity contribution in [1.82, 2.24) is 0 Å². The number of benzene rings is 1. The molecular formula is C14H18. The predicted molar refractivity (Wildman–Crippen MR) is 59.3 cm³/mol. The molecule has 1 aromatic rings. The van der Waals surface area contributed by atoms with E-state index in [4.69, 9.17) is 0 Å². The maximum atomic E-state index is 2.39. The Morgan fingerprint density at radius 2 is 1.86 bits per heavy atom. The standard InChI is InChI=1S/C14H18/c1-14(2,3)13-11-8-9-6-4-5-7-10(9)12(11)13/h4-7,11-13H,8H2,1-3H3. The summed E-state index contributed by atoms with van der Waals surface area (Å²) in [6.45, 7) is 7.16. The Morgan fingerprint density at radius 3 is 2.57 bits per heavy atom. The van der Waals surface area contributed by atoms with E-state index < -0.39 is 0 Å². The molecule has 0 nitrogen and oxygen atoms in total. The summed E-state index contributed by atoms with van der Waals surface area (Å²) in [5, 5.41) is 0. The normalized spacial score (nSPS) is 33.8. The van der Waals surface area contributed by atoms with Gasteiger partial charge < -0.3 is 0 Å². The van der Waals surface area contributed by atoms with Crippen molar-refractivity contribution in [2.24, 2.45) is 17.3 Å². The van der Waals surface area contributed by atoms with Crippen molar-refractivity contribution in [2.75, 3.05) is 0 Å². The van der Waals surface area contributed by atoms with Gasteiger partial charge >= 0.3 is 0 Å². The molecule has 14 heavy (non-hydrogen) atoms. The SMILES string of the molecule is CC(C)(C)C1C2Cc3ccccc3C21. The Bertz CT molecular complexity index is 370. The first kappa shape index (κ1) is 8.52. The highest BCUT2D eigenvalue weighted by molar-refractivity contribution is 5.43. The third-order valence-corrected chi connectivity index (χ3v) is 4.04. The van der Waals surface area contributed by atoms with E-state index in [0.717, 1.165) is 17.8 Å². The molecule has 0 saturated heterocycles. The van der Waals surface area contributed by atoms with E-state index >= 15 is 0 Å². The van der Waals surface area contributed by atoms with Crippen LogP contribution in [0.2, 0.25) is 0 Å². The Labute approximate surface area is 86.3 Å². The monoisotopic (exact) mass is 186 g/mol. The van der Waals surface area contributed by atoms with E-state index in [1.54, 1.807) is 11.1 Å². The minimum absolute atomic E-state index is 0.503. The van der Waals surface area contributed by atoms with E-state index in [2.05, 4.69) is 45.0 Å². The fraction of sp³-hybridized carbons (Fsp3) is 0.571. The van der Waals surface area contributed by atoms with Crippen LogP contribution in [-0.2, 0) is 6.42 Å². The molecule has 0 heteroatoms. The number of fused-ring (bicyclic) bond motifs is 3. The summed E-state index contributed by atoms with van der Waals surface area (Å²) in [5.41, 5.74) is 3.77. The summed E-state index contributed by atoms with van der Waals surface area (Å²) in [6.07, 6.45) is 1.34. The smallest absolute Gasteiger partial charge is 0.00883 e. The quantitative estimate of drug-likeness (QED) is 0.580. The van der Waals surface area contributed by atoms with Crippen molar-refractivity contribution >= 4 is 0 Å². The minimum Gasteiger partial charge on any atom is -0.0620 e. The molecule has 74 valence electrons. The molecular weight excluding hydrogens is 168 g/mol. The second-order valence-corrected chi connectivity index (χ2v) is 5.98. The van der Waals surface area contributed by atoms with E-state index in [1.165, 1.54) is 6.42 Å². The van der Waals surface area contributed by atoms with Crippen molar-refractivity contribution in [3.8, 4) is 0 Å². The van der Waals surface area contributed by atoms with Gasteiger partial charge in [-0.1, -0.05) is 45.0 Å². The molecule has 0 heterocycles. The molecule has 2 aliphatic carbocycles. The van der Waals surface area contributed by atoms with Gasteiger partial charge in [-0.25, -0.2) is 0 Å². The van der Waals surface area contributed by atoms with Gasteiger partial charge in [0, 0.05) is 0 Å². The topological polar surface area (TPSA) is 0 Å². The predicted octanol–water partition coefficient (Wildman–Crippen LogP) is 3.62. The Morgan fingerprint density at radius 1 is 1.14 bits per heavy atom. The molecule has 0 aliphatic heterocycles. The van der Waals surface area contributed by atoms with Crippen LogP contribution in [0.1, 0.15) is 37.8 Å². The van der Waals surface area contributed by atoms with Crippen molar-refractivity contribution in [2.45, 2.75) is 33.1 Å².